The van der Waals surface area contributed by atoms with Crippen molar-refractivity contribution < 1.29 is 19.0 Å². The second-order valence-corrected chi connectivity index (χ2v) is 26.9. The predicted molar refractivity (Wildman–Crippen MR) is 271 cm³/mol. The Kier molecular flexibility index (Phi) is 13.8. The fourth-order valence-corrected chi connectivity index (χ4v) is 9.23. The monoisotopic (exact) mass is 865 g/mol. The summed E-state index contributed by atoms with van der Waals surface area (Å²) in [4.78, 5) is 22.6. The normalized spacial score (nSPS) is 13.9. The fourth-order valence-electron chi connectivity index (χ4n) is 8.88. The van der Waals surface area contributed by atoms with E-state index >= 15 is 0 Å². The molecule has 0 saturated heterocycles. The number of hydrogen-bond acceptors (Lipinski definition) is 4. The molecule has 0 amide bonds. The van der Waals surface area contributed by atoms with Gasteiger partial charge in [0.1, 0.15) is 11.5 Å². The van der Waals surface area contributed by atoms with Gasteiger partial charge < -0.3 is 19.0 Å². The number of benzene rings is 4. The van der Waals surface area contributed by atoms with Gasteiger partial charge in [0.15, 0.2) is 0 Å². The minimum atomic E-state index is -2.86. The van der Waals surface area contributed by atoms with E-state index < -0.39 is 19.4 Å². The Labute approximate surface area is 380 Å². The van der Waals surface area contributed by atoms with Crippen LogP contribution in [0.3, 0.4) is 0 Å². The number of hydrogen-bond donors (Lipinski definition) is 2. The molecule has 62 heavy (non-hydrogen) atoms. The zero-order valence-electron chi connectivity index (χ0n) is 43.8. The van der Waals surface area contributed by atoms with Gasteiger partial charge in [-0.25, -0.2) is 0 Å². The summed E-state index contributed by atoms with van der Waals surface area (Å²) in [5.74, 6) is 1.24. The Morgan fingerprint density at radius 1 is 0.355 bits per heavy atom. The van der Waals surface area contributed by atoms with Crippen molar-refractivity contribution in [2.45, 2.75) is 209 Å². The Morgan fingerprint density at radius 2 is 0.726 bits per heavy atom. The van der Waals surface area contributed by atoms with Crippen LogP contribution in [0.15, 0.2) is 48.5 Å². The lowest BCUT2D eigenvalue weighted by Gasteiger charge is -2.40. The molecule has 4 aromatic rings. The summed E-state index contributed by atoms with van der Waals surface area (Å²) < 4.78 is 13.4. The molecule has 0 aliphatic rings. The van der Waals surface area contributed by atoms with Crippen molar-refractivity contribution in [2.24, 2.45) is 0 Å². The highest BCUT2D eigenvalue weighted by Gasteiger charge is 2.41. The molecular formula is C57H85O4P. The van der Waals surface area contributed by atoms with E-state index in [9.17, 15) is 9.79 Å². The summed E-state index contributed by atoms with van der Waals surface area (Å²) in [7, 11) is -1.10. The van der Waals surface area contributed by atoms with Crippen LogP contribution in [0.4, 0.5) is 0 Å². The predicted octanol–water partition coefficient (Wildman–Crippen LogP) is 16.7. The summed E-state index contributed by atoms with van der Waals surface area (Å²) in [6.07, 6.45) is 0. The van der Waals surface area contributed by atoms with Crippen molar-refractivity contribution in [3.63, 3.8) is 0 Å². The van der Waals surface area contributed by atoms with Crippen molar-refractivity contribution in [3.8, 4) is 44.9 Å². The first-order chi connectivity index (χ1) is 27.6. The maximum atomic E-state index is 11.3. The van der Waals surface area contributed by atoms with Crippen LogP contribution in [0.2, 0.25) is 0 Å². The van der Waals surface area contributed by atoms with E-state index in [1.54, 1.807) is 7.11 Å². The first kappa shape index (κ1) is 51.5. The van der Waals surface area contributed by atoms with Crippen LogP contribution < -0.4 is 9.26 Å². The standard InChI is InChI=1S/C57H85O4P/c1-50(2,3)34-26-28-37(40(31-34)53(10,11)12)43-44(39-30-36(52(7,8)9)33-42(48(39)60-25)55(16,17)18)49(61-62(58)59)47(57(22,23)24)45(46(43)56(19,20)21)38-29-27-35(51(4,5)6)32-41(38)54(13,14)15/h26-33,58-59H,1-25H3. The molecule has 0 atom stereocenters. The highest BCUT2D eigenvalue weighted by Crippen LogP contribution is 2.61. The van der Waals surface area contributed by atoms with Gasteiger partial charge in [-0.15, -0.1) is 0 Å². The number of rotatable bonds is 6. The van der Waals surface area contributed by atoms with Gasteiger partial charge in [-0.2, -0.15) is 0 Å². The largest absolute Gasteiger partial charge is 0.496 e. The summed E-state index contributed by atoms with van der Waals surface area (Å²) in [5.41, 5.74) is 13.3. The maximum Gasteiger partial charge on any atom is 0.391 e. The van der Waals surface area contributed by atoms with Gasteiger partial charge in [0.05, 0.1) is 7.11 Å². The molecule has 0 fully saturated rings. The zero-order chi connectivity index (χ0) is 47.9. The van der Waals surface area contributed by atoms with Crippen molar-refractivity contribution in [3.05, 3.63) is 93.0 Å². The van der Waals surface area contributed by atoms with Crippen LogP contribution >= 0.6 is 8.60 Å². The van der Waals surface area contributed by atoms with Crippen LogP contribution in [-0.4, -0.2) is 16.9 Å². The Morgan fingerprint density at radius 3 is 1.05 bits per heavy atom. The summed E-state index contributed by atoms with van der Waals surface area (Å²) in [6, 6.07) is 18.7. The van der Waals surface area contributed by atoms with E-state index in [1.807, 2.05) is 0 Å². The number of ether oxygens (including phenoxy) is 1. The highest BCUT2D eigenvalue weighted by atomic mass is 31.2. The van der Waals surface area contributed by atoms with Crippen LogP contribution in [0.1, 0.15) is 211 Å². The van der Waals surface area contributed by atoms with Crippen molar-refractivity contribution in [1.82, 2.24) is 0 Å². The van der Waals surface area contributed by atoms with E-state index in [-0.39, 0.29) is 32.5 Å². The zero-order valence-corrected chi connectivity index (χ0v) is 44.7. The lowest BCUT2D eigenvalue weighted by atomic mass is 9.65. The molecule has 4 aromatic carbocycles. The van der Waals surface area contributed by atoms with E-state index in [4.69, 9.17) is 9.26 Å². The molecule has 0 saturated carbocycles. The van der Waals surface area contributed by atoms with Crippen molar-refractivity contribution in [2.75, 3.05) is 7.11 Å². The van der Waals surface area contributed by atoms with Gasteiger partial charge in [-0.05, 0) is 105 Å². The van der Waals surface area contributed by atoms with E-state index in [2.05, 4.69) is 215 Å². The third kappa shape index (κ3) is 10.7. The third-order valence-corrected chi connectivity index (χ3v) is 12.6. The molecule has 0 aromatic heterocycles. The average Bonchev–Trinajstić information content (AvgIpc) is 3.06. The molecular weight excluding hydrogens is 780 g/mol. The van der Waals surface area contributed by atoms with Crippen molar-refractivity contribution >= 4 is 8.60 Å². The molecule has 0 heterocycles. The van der Waals surface area contributed by atoms with Gasteiger partial charge in [-0.1, -0.05) is 209 Å². The van der Waals surface area contributed by atoms with Crippen LogP contribution in [-0.2, 0) is 43.3 Å². The lowest BCUT2D eigenvalue weighted by molar-refractivity contribution is 0.369. The molecule has 4 nitrogen and oxygen atoms in total. The number of methoxy groups -OCH3 is 1. The molecule has 342 valence electrons. The first-order valence-corrected chi connectivity index (χ1v) is 23.9. The second kappa shape index (κ2) is 16.7. The Balaban J connectivity index is 2.72. The third-order valence-electron chi connectivity index (χ3n) is 12.3. The molecule has 2 N–H and O–H groups in total. The highest BCUT2D eigenvalue weighted by molar-refractivity contribution is 7.39. The minimum Gasteiger partial charge on any atom is -0.496 e. The molecule has 4 rings (SSSR count). The average molecular weight is 865 g/mol. The summed E-state index contributed by atoms with van der Waals surface area (Å²) in [5, 5.41) is 0. The van der Waals surface area contributed by atoms with Crippen molar-refractivity contribution in [1.29, 1.82) is 0 Å². The molecule has 0 spiro atoms. The van der Waals surface area contributed by atoms with Gasteiger partial charge in [-0.3, -0.25) is 0 Å². The van der Waals surface area contributed by atoms with Gasteiger partial charge in [0.2, 0.25) is 0 Å². The molecule has 0 bridgehead atoms. The molecule has 0 unspecified atom stereocenters. The molecule has 5 heteroatoms. The van der Waals surface area contributed by atoms with E-state index in [0.717, 1.165) is 55.8 Å². The van der Waals surface area contributed by atoms with Crippen LogP contribution in [0.25, 0.3) is 33.4 Å². The fraction of sp³-hybridized carbons (Fsp3) is 0.579. The van der Waals surface area contributed by atoms with E-state index in [1.165, 1.54) is 27.8 Å². The molecule has 0 aliphatic heterocycles. The molecule has 0 radical (unpaired) electrons. The van der Waals surface area contributed by atoms with Gasteiger partial charge in [0, 0.05) is 22.3 Å². The second-order valence-electron chi connectivity index (χ2n) is 26.2. The van der Waals surface area contributed by atoms with E-state index in [0.29, 0.717) is 5.75 Å². The van der Waals surface area contributed by atoms with Gasteiger partial charge >= 0.3 is 8.60 Å². The smallest absolute Gasteiger partial charge is 0.391 e. The molecule has 0 aliphatic carbocycles. The SMILES string of the molecule is COc1c(-c2c(OP(O)O)c(C(C)(C)C)c(-c3ccc(C(C)(C)C)cc3C(C)(C)C)c(C(C)(C)C)c2-c2ccc(C(C)(C)C)cc2C(C)(C)C)cc(C(C)(C)C)cc1C(C)(C)C. The first-order valence-electron chi connectivity index (χ1n) is 22.8. The summed E-state index contributed by atoms with van der Waals surface area (Å²) >= 11 is 0. The topological polar surface area (TPSA) is 58.9 Å². The quantitative estimate of drug-likeness (QED) is 0.190. The van der Waals surface area contributed by atoms with Crippen LogP contribution in [0.5, 0.6) is 11.5 Å². The Bertz CT molecular complexity index is 2290. The summed E-state index contributed by atoms with van der Waals surface area (Å²) in [6.45, 7) is 54.7. The lowest BCUT2D eigenvalue weighted by Crippen LogP contribution is -2.25. The van der Waals surface area contributed by atoms with Gasteiger partial charge in [0.25, 0.3) is 0 Å². The minimum absolute atomic E-state index is 0.0685. The Hall–Kier alpha value is -3.17. The maximum absolute atomic E-state index is 11.3. The van der Waals surface area contributed by atoms with Crippen LogP contribution in [0, 0.1) is 0 Å².